The predicted molar refractivity (Wildman–Crippen MR) is 137 cm³/mol. The van der Waals surface area contributed by atoms with E-state index in [-0.39, 0.29) is 11.7 Å². The summed E-state index contributed by atoms with van der Waals surface area (Å²) in [6, 6.07) is 10.7. The van der Waals surface area contributed by atoms with Crippen molar-refractivity contribution >= 4 is 67.5 Å². The molecule has 3 aromatic heterocycles. The van der Waals surface area contributed by atoms with E-state index in [0.29, 0.717) is 49.1 Å². The Balaban J connectivity index is 1.50. The Labute approximate surface area is 216 Å². The lowest BCUT2D eigenvalue weighted by Crippen LogP contribution is -2.16. The molecule has 3 heterocycles. The number of thiophene rings is 1. The van der Waals surface area contributed by atoms with Crippen molar-refractivity contribution in [1.29, 1.82) is 0 Å². The minimum absolute atomic E-state index is 0.0781. The zero-order valence-corrected chi connectivity index (χ0v) is 22.0. The summed E-state index contributed by atoms with van der Waals surface area (Å²) in [5.41, 5.74) is 1.76. The van der Waals surface area contributed by atoms with E-state index in [4.69, 9.17) is 20.8 Å². The molecule has 0 saturated carbocycles. The molecule has 0 saturated heterocycles. The van der Waals surface area contributed by atoms with Gasteiger partial charge in [0.1, 0.15) is 10.6 Å². The maximum Gasteiger partial charge on any atom is 0.341 e. The molecule has 4 aromatic rings. The number of nitrogens with zero attached hydrogens (tertiary/aromatic N) is 3. The first kappa shape index (κ1) is 24.5. The highest BCUT2D eigenvalue weighted by Gasteiger charge is 2.23. The van der Waals surface area contributed by atoms with Crippen LogP contribution in [0.1, 0.15) is 17.3 Å². The largest absolute Gasteiger partial charge is 0.465 e. The highest BCUT2D eigenvalue weighted by Crippen LogP contribution is 2.37. The molecule has 0 bridgehead atoms. The van der Waals surface area contributed by atoms with Gasteiger partial charge in [0.25, 0.3) is 0 Å². The lowest BCUT2D eigenvalue weighted by Gasteiger charge is -2.08. The Hall–Kier alpha value is -2.60. The van der Waals surface area contributed by atoms with Crippen LogP contribution in [0.2, 0.25) is 5.02 Å². The Bertz CT molecular complexity index is 1330. The zero-order valence-electron chi connectivity index (χ0n) is 18.0. The lowest BCUT2D eigenvalue weighted by molar-refractivity contribution is -0.113. The van der Waals surface area contributed by atoms with Crippen molar-refractivity contribution in [1.82, 2.24) is 14.8 Å². The van der Waals surface area contributed by atoms with Gasteiger partial charge in [-0.15, -0.1) is 21.5 Å². The van der Waals surface area contributed by atoms with Gasteiger partial charge in [-0.05, 0) is 52.7 Å². The minimum Gasteiger partial charge on any atom is -0.465 e. The molecule has 0 aliphatic heterocycles. The van der Waals surface area contributed by atoms with Crippen LogP contribution in [-0.2, 0) is 16.1 Å². The van der Waals surface area contributed by atoms with E-state index in [9.17, 15) is 9.59 Å². The number of nitrogens with one attached hydrogen (secondary N) is 1. The van der Waals surface area contributed by atoms with Crippen LogP contribution in [0, 0.1) is 0 Å². The highest BCUT2D eigenvalue weighted by atomic mass is 79.9. The summed E-state index contributed by atoms with van der Waals surface area (Å²) in [5, 5.41) is 14.6. The number of ether oxygens (including phenoxy) is 1. The Morgan fingerprint density at radius 2 is 2.00 bits per heavy atom. The topological polar surface area (TPSA) is 99.2 Å². The van der Waals surface area contributed by atoms with E-state index in [1.807, 2.05) is 23.6 Å². The van der Waals surface area contributed by atoms with Crippen LogP contribution in [0.3, 0.4) is 0 Å². The summed E-state index contributed by atoms with van der Waals surface area (Å²) in [5.74, 6) is 0.416. The molecule has 176 valence electrons. The summed E-state index contributed by atoms with van der Waals surface area (Å²) in [7, 11) is 1.31. The number of rotatable bonds is 8. The van der Waals surface area contributed by atoms with Gasteiger partial charge in [-0.25, -0.2) is 4.79 Å². The third-order valence-corrected chi connectivity index (χ3v) is 7.29. The monoisotopic (exact) mass is 580 g/mol. The second-order valence-electron chi connectivity index (χ2n) is 6.84. The number of furan rings is 1. The minimum atomic E-state index is -0.533. The van der Waals surface area contributed by atoms with Gasteiger partial charge in [0.15, 0.2) is 15.6 Å². The van der Waals surface area contributed by atoms with Crippen LogP contribution in [0.25, 0.3) is 22.7 Å². The van der Waals surface area contributed by atoms with Gasteiger partial charge in [0.2, 0.25) is 11.7 Å². The molecule has 0 aliphatic rings. The van der Waals surface area contributed by atoms with Crippen molar-refractivity contribution in [3.63, 3.8) is 0 Å². The molecule has 12 heteroatoms. The molecule has 8 nitrogen and oxygen atoms in total. The Morgan fingerprint density at radius 1 is 1.24 bits per heavy atom. The number of amides is 1. The number of methoxy groups -OCH3 is 1. The third kappa shape index (κ3) is 5.22. The molecule has 1 N–H and O–H groups in total. The first-order chi connectivity index (χ1) is 16.4. The Kier molecular flexibility index (Phi) is 7.77. The third-order valence-electron chi connectivity index (χ3n) is 4.75. The number of esters is 1. The van der Waals surface area contributed by atoms with Gasteiger partial charge in [-0.3, -0.25) is 9.36 Å². The molecule has 1 aromatic carbocycles. The van der Waals surface area contributed by atoms with Crippen LogP contribution in [0.4, 0.5) is 5.00 Å². The zero-order chi connectivity index (χ0) is 24.2. The van der Waals surface area contributed by atoms with Crippen LogP contribution < -0.4 is 5.32 Å². The van der Waals surface area contributed by atoms with Crippen LogP contribution in [0.5, 0.6) is 0 Å². The van der Waals surface area contributed by atoms with Crippen molar-refractivity contribution in [3.8, 4) is 22.7 Å². The van der Waals surface area contributed by atoms with Crippen LogP contribution in [-0.4, -0.2) is 39.5 Å². The van der Waals surface area contributed by atoms with Crippen molar-refractivity contribution in [3.05, 3.63) is 57.0 Å². The average Bonchev–Trinajstić information content (AvgIpc) is 3.55. The molecule has 4 rings (SSSR count). The van der Waals surface area contributed by atoms with Gasteiger partial charge >= 0.3 is 5.97 Å². The van der Waals surface area contributed by atoms with Crippen LogP contribution >= 0.6 is 50.6 Å². The van der Waals surface area contributed by atoms with Crippen molar-refractivity contribution in [2.24, 2.45) is 0 Å². The first-order valence-electron chi connectivity index (χ1n) is 9.98. The molecule has 0 atom stereocenters. The fraction of sp³-hybridized carbons (Fsp3) is 0.182. The van der Waals surface area contributed by atoms with E-state index >= 15 is 0 Å². The highest BCUT2D eigenvalue weighted by molar-refractivity contribution is 9.10. The fourth-order valence-corrected chi connectivity index (χ4v) is 5.40. The van der Waals surface area contributed by atoms with Crippen molar-refractivity contribution in [2.45, 2.75) is 18.6 Å². The van der Waals surface area contributed by atoms with Crippen LogP contribution in [0.15, 0.2) is 56.0 Å². The summed E-state index contributed by atoms with van der Waals surface area (Å²) in [4.78, 5) is 25.3. The fourth-order valence-electron chi connectivity index (χ4n) is 3.19. The van der Waals surface area contributed by atoms with E-state index in [1.54, 1.807) is 29.6 Å². The predicted octanol–water partition coefficient (Wildman–Crippen LogP) is 6.22. The number of benzene rings is 1. The second-order valence-corrected chi connectivity index (χ2v) is 9.88. The Morgan fingerprint density at radius 3 is 2.65 bits per heavy atom. The quantitative estimate of drug-likeness (QED) is 0.195. The number of carbonyl (C=O) groups is 2. The summed E-state index contributed by atoms with van der Waals surface area (Å²) in [6.07, 6.45) is 0. The van der Waals surface area contributed by atoms with Gasteiger partial charge in [-0.1, -0.05) is 35.5 Å². The van der Waals surface area contributed by atoms with E-state index in [1.165, 1.54) is 30.2 Å². The number of aromatic nitrogens is 3. The number of halogens is 2. The SMILES string of the molecule is CCn1c(SCC(=O)Nc2scc(-c3ccc(Cl)cc3)c2C(=O)OC)nnc1-c1ccc(Br)o1. The lowest BCUT2D eigenvalue weighted by atomic mass is 10.0. The van der Waals surface area contributed by atoms with Crippen molar-refractivity contribution < 1.29 is 18.7 Å². The molecular formula is C22H18BrClN4O4S2. The van der Waals surface area contributed by atoms with E-state index in [2.05, 4.69) is 31.4 Å². The molecule has 0 radical (unpaired) electrons. The molecule has 0 spiro atoms. The maximum absolute atomic E-state index is 12.7. The summed E-state index contributed by atoms with van der Waals surface area (Å²) >= 11 is 11.8. The number of hydrogen-bond donors (Lipinski definition) is 1. The number of carbonyl (C=O) groups excluding carboxylic acids is 2. The number of hydrogen-bond acceptors (Lipinski definition) is 8. The second kappa shape index (κ2) is 10.8. The smallest absolute Gasteiger partial charge is 0.341 e. The van der Waals surface area contributed by atoms with Gasteiger partial charge in [0, 0.05) is 22.5 Å². The molecule has 0 aliphatic carbocycles. The average molecular weight is 582 g/mol. The number of thioether (sulfide) groups is 1. The van der Waals surface area contributed by atoms with Gasteiger partial charge in [-0.2, -0.15) is 0 Å². The van der Waals surface area contributed by atoms with Crippen molar-refractivity contribution in [2.75, 3.05) is 18.2 Å². The molecule has 0 unspecified atom stereocenters. The van der Waals surface area contributed by atoms with E-state index < -0.39 is 5.97 Å². The number of anilines is 1. The molecule has 34 heavy (non-hydrogen) atoms. The molecular weight excluding hydrogens is 564 g/mol. The first-order valence-corrected chi connectivity index (χ1v) is 13.0. The maximum atomic E-state index is 12.7. The van der Waals surface area contributed by atoms with Gasteiger partial charge in [0.05, 0.1) is 12.9 Å². The molecule has 1 amide bonds. The summed E-state index contributed by atoms with van der Waals surface area (Å²) in [6.45, 7) is 2.56. The van der Waals surface area contributed by atoms with Gasteiger partial charge < -0.3 is 14.5 Å². The normalized spacial score (nSPS) is 10.9. The summed E-state index contributed by atoms with van der Waals surface area (Å²) < 4.78 is 13.0. The van der Waals surface area contributed by atoms with E-state index in [0.717, 1.165) is 5.56 Å². The standard InChI is InChI=1S/C22H18BrClN4O4S2/c1-3-28-19(15-8-9-16(23)32-15)26-27-22(28)34-11-17(29)25-20-18(21(30)31-2)14(10-33-20)12-4-6-13(24)7-5-12/h4-10H,3,11H2,1-2H3,(H,25,29). The molecule has 0 fully saturated rings.